The Bertz CT molecular complexity index is 876. The number of carbonyl (C=O) groups excluding carboxylic acids is 1. The normalized spacial score (nSPS) is 12.0. The lowest BCUT2D eigenvalue weighted by molar-refractivity contribution is -0.139. The molecule has 0 amide bonds. The summed E-state index contributed by atoms with van der Waals surface area (Å²) in [6, 6.07) is 4.38. The van der Waals surface area contributed by atoms with E-state index < -0.39 is 49.3 Å². The highest BCUT2D eigenvalue weighted by atomic mass is 19.4. The molecule has 0 radical (unpaired) electrons. The molecule has 11 heteroatoms. The minimum absolute atomic E-state index is 0.202. The van der Waals surface area contributed by atoms with Crippen molar-refractivity contribution < 1.29 is 50.8 Å². The fourth-order valence-electron chi connectivity index (χ4n) is 2.29. The van der Waals surface area contributed by atoms with Gasteiger partial charge in [-0.15, -0.1) is 0 Å². The van der Waals surface area contributed by atoms with Gasteiger partial charge in [0.05, 0.1) is 24.3 Å². The number of carbonyl (C=O) groups is 1. The predicted octanol–water partition coefficient (Wildman–Crippen LogP) is 3.69. The number of alkyl halides is 6. The average Bonchev–Trinajstić information content (AvgIpc) is 2.64. The maximum absolute atomic E-state index is 12.7. The van der Waals surface area contributed by atoms with Crippen LogP contribution in [0.4, 0.5) is 26.3 Å². The van der Waals surface area contributed by atoms with Crippen molar-refractivity contribution in [3.8, 4) is 11.5 Å². The van der Waals surface area contributed by atoms with Gasteiger partial charge in [-0.3, -0.25) is 0 Å². The van der Waals surface area contributed by atoms with E-state index in [1.54, 1.807) is 0 Å². The molecule has 2 aromatic carbocycles. The second-order valence-electron chi connectivity index (χ2n) is 5.72. The van der Waals surface area contributed by atoms with Crippen LogP contribution in [0.3, 0.4) is 0 Å². The summed E-state index contributed by atoms with van der Waals surface area (Å²) in [7, 11) is 0. The summed E-state index contributed by atoms with van der Waals surface area (Å²) >= 11 is 0. The first-order chi connectivity index (χ1) is 13.5. The second kappa shape index (κ2) is 8.70. The Labute approximate surface area is 160 Å². The quantitative estimate of drug-likeness (QED) is 0.420. The molecule has 0 spiro atoms. The highest BCUT2D eigenvalue weighted by molar-refractivity contribution is 5.74. The van der Waals surface area contributed by atoms with Gasteiger partial charge in [0.1, 0.15) is 11.5 Å². The van der Waals surface area contributed by atoms with Crippen LogP contribution in [0.25, 0.3) is 0 Å². The zero-order valence-corrected chi connectivity index (χ0v) is 14.5. The highest BCUT2D eigenvalue weighted by Gasteiger charge is 2.32. The van der Waals surface area contributed by atoms with Crippen molar-refractivity contribution >= 4 is 5.97 Å². The Kier molecular flexibility index (Phi) is 6.75. The van der Waals surface area contributed by atoms with Crippen LogP contribution in [0.1, 0.15) is 22.3 Å². The maximum atomic E-state index is 12.7. The Hall–Kier alpha value is -2.79. The lowest BCUT2D eigenvalue weighted by Gasteiger charge is -2.14. The summed E-state index contributed by atoms with van der Waals surface area (Å²) in [6.45, 7) is -2.42. The van der Waals surface area contributed by atoms with Crippen molar-refractivity contribution in [2.24, 2.45) is 0 Å². The van der Waals surface area contributed by atoms with Crippen LogP contribution in [0.5, 0.6) is 11.5 Å². The predicted molar refractivity (Wildman–Crippen MR) is 85.9 cm³/mol. The first kappa shape index (κ1) is 22.5. The monoisotopic (exact) mass is 424 g/mol. The molecule has 0 heterocycles. The smallest absolute Gasteiger partial charge is 0.416 e. The summed E-state index contributed by atoms with van der Waals surface area (Å²) in [6.07, 6.45) is -9.29. The van der Waals surface area contributed by atoms with Gasteiger partial charge in [-0.05, 0) is 36.4 Å². The molecule has 29 heavy (non-hydrogen) atoms. The van der Waals surface area contributed by atoms with Gasteiger partial charge in [-0.2, -0.15) is 26.3 Å². The van der Waals surface area contributed by atoms with Gasteiger partial charge in [-0.25, -0.2) is 4.79 Å². The molecule has 0 saturated heterocycles. The molecule has 0 aromatic heterocycles. The molecule has 0 atom stereocenters. The van der Waals surface area contributed by atoms with Crippen LogP contribution >= 0.6 is 0 Å². The van der Waals surface area contributed by atoms with Gasteiger partial charge in [0, 0.05) is 11.1 Å². The molecular weight excluding hydrogens is 410 g/mol. The Morgan fingerprint density at radius 3 is 1.69 bits per heavy atom. The second-order valence-corrected chi connectivity index (χ2v) is 5.72. The number of ether oxygens (including phenoxy) is 2. The molecule has 2 rings (SSSR count). The van der Waals surface area contributed by atoms with Crippen LogP contribution in [0.2, 0.25) is 0 Å². The van der Waals surface area contributed by atoms with Gasteiger partial charge in [0.2, 0.25) is 0 Å². The number of halogens is 6. The number of aliphatic hydroxyl groups excluding tert-OH is 2. The lowest BCUT2D eigenvalue weighted by Crippen LogP contribution is -2.19. The number of hydrogen-bond acceptors (Lipinski definition) is 5. The number of aliphatic hydroxyl groups is 2. The van der Waals surface area contributed by atoms with E-state index >= 15 is 0 Å². The van der Waals surface area contributed by atoms with Crippen LogP contribution in [0.15, 0.2) is 36.4 Å². The molecule has 0 aliphatic heterocycles. The van der Waals surface area contributed by atoms with Crippen molar-refractivity contribution in [2.75, 3.05) is 6.61 Å². The van der Waals surface area contributed by atoms with Crippen LogP contribution in [-0.4, -0.2) is 22.8 Å². The van der Waals surface area contributed by atoms with Crippen LogP contribution in [0, 0.1) is 0 Å². The van der Waals surface area contributed by atoms with Crippen molar-refractivity contribution in [3.05, 3.63) is 58.7 Å². The van der Waals surface area contributed by atoms with Crippen molar-refractivity contribution in [1.82, 2.24) is 0 Å². The van der Waals surface area contributed by atoms with Gasteiger partial charge < -0.3 is 19.7 Å². The average molecular weight is 424 g/mol. The third-order valence-electron chi connectivity index (χ3n) is 3.69. The summed E-state index contributed by atoms with van der Waals surface area (Å²) in [5, 5.41) is 18.4. The fraction of sp³-hybridized carbons (Fsp3) is 0.278. The van der Waals surface area contributed by atoms with Crippen LogP contribution in [-0.2, 0) is 30.4 Å². The van der Waals surface area contributed by atoms with Crippen molar-refractivity contribution in [3.63, 3.8) is 0 Å². The molecule has 0 saturated carbocycles. The Morgan fingerprint density at radius 1 is 0.793 bits per heavy atom. The summed E-state index contributed by atoms with van der Waals surface area (Å²) in [4.78, 5) is 11.9. The zero-order valence-electron chi connectivity index (χ0n) is 14.5. The number of hydrogen-bond donors (Lipinski definition) is 2. The Morgan fingerprint density at radius 2 is 1.24 bits per heavy atom. The van der Waals surface area contributed by atoms with Gasteiger partial charge in [0.25, 0.3) is 0 Å². The first-order valence-corrected chi connectivity index (χ1v) is 7.91. The van der Waals surface area contributed by atoms with Gasteiger partial charge in [-0.1, -0.05) is 0 Å². The summed E-state index contributed by atoms with van der Waals surface area (Å²) < 4.78 is 86.0. The van der Waals surface area contributed by atoms with E-state index in [0.29, 0.717) is 24.3 Å². The molecule has 0 fully saturated rings. The third kappa shape index (κ3) is 5.84. The topological polar surface area (TPSA) is 76.0 Å². The number of benzene rings is 2. The fourth-order valence-corrected chi connectivity index (χ4v) is 2.29. The van der Waals surface area contributed by atoms with Gasteiger partial charge in [0.15, 0.2) is 6.61 Å². The van der Waals surface area contributed by atoms with E-state index in [1.807, 2.05) is 0 Å². The maximum Gasteiger partial charge on any atom is 0.416 e. The number of rotatable bonds is 6. The number of esters is 1. The lowest BCUT2D eigenvalue weighted by atomic mass is 10.1. The van der Waals surface area contributed by atoms with E-state index in [2.05, 4.69) is 0 Å². The highest BCUT2D eigenvalue weighted by Crippen LogP contribution is 2.34. The van der Waals surface area contributed by atoms with E-state index in [1.165, 1.54) is 0 Å². The van der Waals surface area contributed by atoms with E-state index in [4.69, 9.17) is 9.47 Å². The van der Waals surface area contributed by atoms with Gasteiger partial charge >= 0.3 is 18.3 Å². The first-order valence-electron chi connectivity index (χ1n) is 7.91. The molecule has 2 aromatic rings. The van der Waals surface area contributed by atoms with Crippen molar-refractivity contribution in [2.45, 2.75) is 25.6 Å². The molecule has 0 aliphatic carbocycles. The van der Waals surface area contributed by atoms with E-state index in [9.17, 15) is 41.4 Å². The van der Waals surface area contributed by atoms with E-state index in [0.717, 1.165) is 12.1 Å². The third-order valence-corrected chi connectivity index (χ3v) is 3.69. The zero-order chi connectivity index (χ0) is 21.8. The Balaban J connectivity index is 2.09. The molecular formula is C18H14F6O5. The molecule has 0 bridgehead atoms. The molecule has 0 unspecified atom stereocenters. The standard InChI is InChI=1S/C18H14F6O5/c19-17(20,21)12-1-3-14(10(5-12)7-25)28-9-16(27)29-15-4-2-13(18(22,23)24)6-11(15)8-26/h1-6,25-26H,7-9H2. The molecule has 5 nitrogen and oxygen atoms in total. The SMILES string of the molecule is O=C(COc1ccc(C(F)(F)F)cc1CO)Oc1ccc(C(F)(F)F)cc1CO. The molecule has 158 valence electrons. The largest absolute Gasteiger partial charge is 0.482 e. The van der Waals surface area contributed by atoms with E-state index in [-0.39, 0.29) is 22.6 Å². The minimum Gasteiger partial charge on any atom is -0.482 e. The van der Waals surface area contributed by atoms with Crippen LogP contribution < -0.4 is 9.47 Å². The molecule has 2 N–H and O–H groups in total. The molecule has 0 aliphatic rings. The summed E-state index contributed by atoms with van der Waals surface area (Å²) in [5.41, 5.74) is -2.58. The summed E-state index contributed by atoms with van der Waals surface area (Å²) in [5.74, 6) is -1.61. The van der Waals surface area contributed by atoms with Crippen molar-refractivity contribution in [1.29, 1.82) is 0 Å². The minimum atomic E-state index is -4.65.